The molecule has 0 saturated carbocycles. The highest BCUT2D eigenvalue weighted by atomic mass is 16.5. The van der Waals surface area contributed by atoms with E-state index in [4.69, 9.17) is 15.2 Å². The number of aromatic nitrogens is 2. The molecular formula is C20H21N5O3. The zero-order chi connectivity index (χ0) is 19.9. The first-order valence-corrected chi connectivity index (χ1v) is 8.67. The fraction of sp³-hybridized carbons (Fsp3) is 0.150. The average Bonchev–Trinajstić information content (AvgIpc) is 2.72. The molecule has 144 valence electrons. The summed E-state index contributed by atoms with van der Waals surface area (Å²) in [4.78, 5) is 20.4. The Balaban J connectivity index is 1.90. The first-order valence-electron chi connectivity index (χ1n) is 8.67. The Kier molecular flexibility index (Phi) is 5.91. The van der Waals surface area contributed by atoms with Crippen LogP contribution in [0.5, 0.6) is 5.75 Å². The van der Waals surface area contributed by atoms with Gasteiger partial charge in [0.2, 0.25) is 0 Å². The van der Waals surface area contributed by atoms with Crippen LogP contribution in [-0.2, 0) is 4.74 Å². The van der Waals surface area contributed by atoms with Gasteiger partial charge in [-0.2, -0.15) is 0 Å². The minimum atomic E-state index is -0.459. The highest BCUT2D eigenvalue weighted by Crippen LogP contribution is 2.32. The largest absolute Gasteiger partial charge is 0.492 e. The number of nitrogens with one attached hydrogen (secondary N) is 2. The zero-order valence-electron chi connectivity index (χ0n) is 15.6. The van der Waals surface area contributed by atoms with Gasteiger partial charge in [0.15, 0.2) is 11.6 Å². The average molecular weight is 379 g/mol. The van der Waals surface area contributed by atoms with Crippen LogP contribution in [0.1, 0.15) is 17.3 Å². The van der Waals surface area contributed by atoms with Crippen molar-refractivity contribution in [1.29, 1.82) is 0 Å². The second-order valence-corrected chi connectivity index (χ2v) is 5.70. The van der Waals surface area contributed by atoms with E-state index in [1.165, 1.54) is 13.4 Å². The molecule has 0 radical (unpaired) electrons. The van der Waals surface area contributed by atoms with Gasteiger partial charge >= 0.3 is 5.97 Å². The van der Waals surface area contributed by atoms with Crippen LogP contribution in [0.4, 0.5) is 28.7 Å². The second-order valence-electron chi connectivity index (χ2n) is 5.70. The Hall–Kier alpha value is -3.81. The molecule has 3 aromatic rings. The molecule has 0 fully saturated rings. The number of carbonyl (C=O) groups excluding carboxylic acids is 1. The summed E-state index contributed by atoms with van der Waals surface area (Å²) in [6.07, 6.45) is 1.38. The lowest BCUT2D eigenvalue weighted by Crippen LogP contribution is -2.09. The first-order chi connectivity index (χ1) is 13.6. The zero-order valence-corrected chi connectivity index (χ0v) is 15.6. The van der Waals surface area contributed by atoms with Crippen LogP contribution in [0.15, 0.2) is 54.9 Å². The van der Waals surface area contributed by atoms with Gasteiger partial charge in [0.1, 0.15) is 17.8 Å². The lowest BCUT2D eigenvalue weighted by Gasteiger charge is -2.15. The number of benzene rings is 2. The lowest BCUT2D eigenvalue weighted by atomic mass is 10.2. The Morgan fingerprint density at radius 1 is 1.00 bits per heavy atom. The second kappa shape index (κ2) is 8.72. The number of anilines is 5. The molecular weight excluding hydrogens is 358 g/mol. The number of para-hydroxylation sites is 3. The third-order valence-corrected chi connectivity index (χ3v) is 3.91. The number of hydrogen-bond acceptors (Lipinski definition) is 8. The Bertz CT molecular complexity index is 978. The van der Waals surface area contributed by atoms with Crippen LogP contribution in [-0.4, -0.2) is 29.7 Å². The van der Waals surface area contributed by atoms with E-state index in [1.54, 1.807) is 24.3 Å². The van der Waals surface area contributed by atoms with Crippen molar-refractivity contribution >= 4 is 34.7 Å². The maximum Gasteiger partial charge on any atom is 0.339 e. The molecule has 0 unspecified atom stereocenters. The van der Waals surface area contributed by atoms with Crippen molar-refractivity contribution in [1.82, 2.24) is 9.97 Å². The monoisotopic (exact) mass is 379 g/mol. The van der Waals surface area contributed by atoms with Gasteiger partial charge in [0.05, 0.1) is 30.7 Å². The number of nitrogens with two attached hydrogens (primary N) is 1. The van der Waals surface area contributed by atoms with Crippen LogP contribution in [0, 0.1) is 0 Å². The third-order valence-electron chi connectivity index (χ3n) is 3.91. The summed E-state index contributed by atoms with van der Waals surface area (Å²) >= 11 is 0. The van der Waals surface area contributed by atoms with Crippen molar-refractivity contribution in [3.05, 3.63) is 60.4 Å². The highest BCUT2D eigenvalue weighted by Gasteiger charge is 2.15. The molecule has 0 atom stereocenters. The molecule has 8 nitrogen and oxygen atoms in total. The molecule has 0 bridgehead atoms. The molecule has 0 aliphatic carbocycles. The van der Waals surface area contributed by atoms with Crippen molar-refractivity contribution in [3.8, 4) is 5.75 Å². The molecule has 1 heterocycles. The summed E-state index contributed by atoms with van der Waals surface area (Å²) in [6, 6.07) is 14.4. The number of methoxy groups -OCH3 is 1. The normalized spacial score (nSPS) is 10.2. The summed E-state index contributed by atoms with van der Waals surface area (Å²) in [6.45, 7) is 2.45. The molecule has 8 heteroatoms. The van der Waals surface area contributed by atoms with Crippen LogP contribution in [0.3, 0.4) is 0 Å². The first kappa shape index (κ1) is 19.0. The van der Waals surface area contributed by atoms with E-state index in [1.807, 2.05) is 31.2 Å². The summed E-state index contributed by atoms with van der Waals surface area (Å²) in [5.41, 5.74) is 8.19. The Morgan fingerprint density at radius 2 is 1.61 bits per heavy atom. The topological polar surface area (TPSA) is 111 Å². The van der Waals surface area contributed by atoms with Crippen LogP contribution in [0.25, 0.3) is 0 Å². The van der Waals surface area contributed by atoms with E-state index in [-0.39, 0.29) is 0 Å². The van der Waals surface area contributed by atoms with Crippen molar-refractivity contribution < 1.29 is 14.3 Å². The molecule has 2 aromatic carbocycles. The predicted octanol–water partition coefficient (Wildman–Crippen LogP) is 3.73. The summed E-state index contributed by atoms with van der Waals surface area (Å²) < 4.78 is 10.4. The maximum absolute atomic E-state index is 12.0. The standard InChI is InChI=1S/C20H21N5O3/c1-3-28-16-11-7-6-10-15(16)25-19-17(21)18(22-12-23-19)24-14-9-5-4-8-13(14)20(26)27-2/h4-12H,3,21H2,1-2H3,(H2,22,23,24,25). The van der Waals surface area contributed by atoms with E-state index >= 15 is 0 Å². The number of rotatable bonds is 7. The SMILES string of the molecule is CCOc1ccccc1Nc1ncnc(Nc2ccccc2C(=O)OC)c1N. The van der Waals surface area contributed by atoms with Gasteiger partial charge in [-0.1, -0.05) is 24.3 Å². The summed E-state index contributed by atoms with van der Waals surface area (Å²) in [5, 5.41) is 6.24. The van der Waals surface area contributed by atoms with E-state index in [0.29, 0.717) is 40.9 Å². The van der Waals surface area contributed by atoms with E-state index in [2.05, 4.69) is 20.6 Å². The van der Waals surface area contributed by atoms with Gasteiger partial charge < -0.3 is 25.8 Å². The summed E-state index contributed by atoms with van der Waals surface area (Å²) in [7, 11) is 1.33. The van der Waals surface area contributed by atoms with Crippen LogP contribution >= 0.6 is 0 Å². The van der Waals surface area contributed by atoms with Crippen molar-refractivity contribution in [2.45, 2.75) is 6.92 Å². The van der Waals surface area contributed by atoms with E-state index in [0.717, 1.165) is 5.69 Å². The minimum absolute atomic E-state index is 0.300. The maximum atomic E-state index is 12.0. The Labute approximate surface area is 162 Å². The van der Waals surface area contributed by atoms with Crippen molar-refractivity contribution in [2.75, 3.05) is 30.1 Å². The van der Waals surface area contributed by atoms with Crippen molar-refractivity contribution in [3.63, 3.8) is 0 Å². The number of nitrogens with zero attached hydrogens (tertiary/aromatic N) is 2. The molecule has 0 spiro atoms. The van der Waals surface area contributed by atoms with E-state index < -0.39 is 5.97 Å². The fourth-order valence-electron chi connectivity index (χ4n) is 2.58. The molecule has 4 N–H and O–H groups in total. The quantitative estimate of drug-likeness (QED) is 0.533. The number of esters is 1. The minimum Gasteiger partial charge on any atom is -0.492 e. The molecule has 0 aliphatic heterocycles. The highest BCUT2D eigenvalue weighted by molar-refractivity contribution is 5.97. The van der Waals surface area contributed by atoms with Gasteiger partial charge in [-0.15, -0.1) is 0 Å². The predicted molar refractivity (Wildman–Crippen MR) is 108 cm³/mol. The molecule has 3 rings (SSSR count). The molecule has 0 amide bonds. The lowest BCUT2D eigenvalue weighted by molar-refractivity contribution is 0.0602. The van der Waals surface area contributed by atoms with Gasteiger partial charge in [-0.05, 0) is 31.2 Å². The van der Waals surface area contributed by atoms with Gasteiger partial charge in [-0.3, -0.25) is 0 Å². The number of carbonyl (C=O) groups is 1. The van der Waals surface area contributed by atoms with Crippen molar-refractivity contribution in [2.24, 2.45) is 0 Å². The third kappa shape index (κ3) is 4.12. The van der Waals surface area contributed by atoms with Crippen LogP contribution in [0.2, 0.25) is 0 Å². The number of nitrogen functional groups attached to an aromatic ring is 1. The fourth-order valence-corrected chi connectivity index (χ4v) is 2.58. The summed E-state index contributed by atoms with van der Waals surface area (Å²) in [5.74, 6) is 1.01. The number of hydrogen-bond donors (Lipinski definition) is 3. The van der Waals surface area contributed by atoms with Crippen LogP contribution < -0.4 is 21.1 Å². The number of ether oxygens (including phenoxy) is 2. The smallest absolute Gasteiger partial charge is 0.339 e. The Morgan fingerprint density at radius 3 is 2.29 bits per heavy atom. The van der Waals surface area contributed by atoms with E-state index in [9.17, 15) is 4.79 Å². The van der Waals surface area contributed by atoms with Gasteiger partial charge in [-0.25, -0.2) is 14.8 Å². The molecule has 28 heavy (non-hydrogen) atoms. The molecule has 0 saturated heterocycles. The van der Waals surface area contributed by atoms with Gasteiger partial charge in [0, 0.05) is 0 Å². The van der Waals surface area contributed by atoms with Gasteiger partial charge in [0.25, 0.3) is 0 Å². The molecule has 1 aromatic heterocycles. The molecule has 0 aliphatic rings.